The molecule has 2 heterocycles. The van der Waals surface area contributed by atoms with Crippen LogP contribution in [0.1, 0.15) is 10.6 Å². The molecule has 0 saturated carbocycles. The van der Waals surface area contributed by atoms with Crippen molar-refractivity contribution >= 4 is 28.6 Å². The van der Waals surface area contributed by atoms with Gasteiger partial charge < -0.3 is 8.83 Å². The molecule has 0 bridgehead atoms. The third-order valence-corrected chi connectivity index (χ3v) is 3.23. The van der Waals surface area contributed by atoms with Gasteiger partial charge in [-0.05, 0) is 24.3 Å². The third kappa shape index (κ3) is 2.17. The van der Waals surface area contributed by atoms with Gasteiger partial charge >= 0.3 is 0 Å². The van der Waals surface area contributed by atoms with E-state index in [1.165, 1.54) is 18.0 Å². The molecular formula is C13H9NO3S. The Morgan fingerprint density at radius 3 is 2.89 bits per heavy atom. The van der Waals surface area contributed by atoms with Crippen molar-refractivity contribution in [3.8, 4) is 0 Å². The molecule has 90 valence electrons. The molecule has 0 unspecified atom stereocenters. The Bertz CT molecular complexity index is 639. The number of aromatic nitrogens is 1. The summed E-state index contributed by atoms with van der Waals surface area (Å²) in [5.74, 6) is 0.534. The van der Waals surface area contributed by atoms with Gasteiger partial charge in [0.2, 0.25) is 5.78 Å². The molecule has 3 aromatic rings. The predicted octanol–water partition coefficient (Wildman–Crippen LogP) is 3.40. The maximum atomic E-state index is 11.7. The van der Waals surface area contributed by atoms with E-state index in [-0.39, 0.29) is 11.5 Å². The van der Waals surface area contributed by atoms with Gasteiger partial charge in [-0.15, -0.1) is 0 Å². The number of benzene rings is 1. The number of hydrogen-bond donors (Lipinski definition) is 0. The number of fused-ring (bicyclic) bond motifs is 1. The van der Waals surface area contributed by atoms with Crippen LogP contribution in [0, 0.1) is 0 Å². The van der Waals surface area contributed by atoms with Crippen LogP contribution in [0.5, 0.6) is 0 Å². The summed E-state index contributed by atoms with van der Waals surface area (Å²) in [5, 5.41) is 0.496. The number of thioether (sulfide) groups is 1. The van der Waals surface area contributed by atoms with Gasteiger partial charge in [-0.3, -0.25) is 4.79 Å². The standard InChI is InChI=1S/C13H9NO3S/c15-10(12-6-3-7-16-12)8-18-13-14-9-4-1-2-5-11(9)17-13/h1-7H,8H2. The first-order valence-corrected chi connectivity index (χ1v) is 6.36. The van der Waals surface area contributed by atoms with E-state index in [4.69, 9.17) is 8.83 Å². The number of carbonyl (C=O) groups excluding carboxylic acids is 1. The Kier molecular flexibility index (Phi) is 2.90. The molecule has 0 saturated heterocycles. The largest absolute Gasteiger partial charge is 0.461 e. The number of oxazole rings is 1. The van der Waals surface area contributed by atoms with E-state index in [1.54, 1.807) is 12.1 Å². The highest BCUT2D eigenvalue weighted by atomic mass is 32.2. The lowest BCUT2D eigenvalue weighted by molar-refractivity contribution is 0.0992. The number of carbonyl (C=O) groups is 1. The number of nitrogens with zero attached hydrogens (tertiary/aromatic N) is 1. The van der Waals surface area contributed by atoms with E-state index < -0.39 is 0 Å². The molecule has 2 aromatic heterocycles. The van der Waals surface area contributed by atoms with E-state index in [0.717, 1.165) is 11.1 Å². The van der Waals surface area contributed by atoms with Crippen molar-refractivity contribution in [1.29, 1.82) is 0 Å². The SMILES string of the molecule is O=C(CSc1nc2ccccc2o1)c1ccco1. The van der Waals surface area contributed by atoms with Crippen LogP contribution in [0.25, 0.3) is 11.1 Å². The maximum absolute atomic E-state index is 11.7. The average molecular weight is 259 g/mol. The van der Waals surface area contributed by atoms with Crippen LogP contribution in [0.2, 0.25) is 0 Å². The number of furan rings is 1. The second kappa shape index (κ2) is 4.70. The van der Waals surface area contributed by atoms with Gasteiger partial charge in [-0.2, -0.15) is 0 Å². The van der Waals surface area contributed by atoms with Crippen molar-refractivity contribution in [3.63, 3.8) is 0 Å². The van der Waals surface area contributed by atoms with E-state index >= 15 is 0 Å². The van der Waals surface area contributed by atoms with Gasteiger partial charge in [0.15, 0.2) is 11.3 Å². The van der Waals surface area contributed by atoms with E-state index in [9.17, 15) is 4.79 Å². The fraction of sp³-hybridized carbons (Fsp3) is 0.0769. The Balaban J connectivity index is 1.71. The molecule has 0 radical (unpaired) electrons. The lowest BCUT2D eigenvalue weighted by Gasteiger charge is -1.93. The molecule has 18 heavy (non-hydrogen) atoms. The molecule has 0 fully saturated rings. The summed E-state index contributed by atoms with van der Waals surface area (Å²) in [7, 11) is 0. The van der Waals surface area contributed by atoms with Crippen LogP contribution in [-0.2, 0) is 0 Å². The van der Waals surface area contributed by atoms with Crippen LogP contribution < -0.4 is 0 Å². The zero-order valence-corrected chi connectivity index (χ0v) is 10.1. The monoisotopic (exact) mass is 259 g/mol. The molecule has 0 N–H and O–H groups in total. The van der Waals surface area contributed by atoms with Crippen molar-refractivity contribution in [2.24, 2.45) is 0 Å². The summed E-state index contributed by atoms with van der Waals surface area (Å²) < 4.78 is 10.5. The van der Waals surface area contributed by atoms with Gasteiger partial charge in [0, 0.05) is 0 Å². The first-order valence-electron chi connectivity index (χ1n) is 5.38. The molecular weight excluding hydrogens is 250 g/mol. The second-order valence-electron chi connectivity index (χ2n) is 3.64. The van der Waals surface area contributed by atoms with Gasteiger partial charge in [-0.1, -0.05) is 23.9 Å². The molecule has 0 aliphatic heterocycles. The molecule has 5 heteroatoms. The lowest BCUT2D eigenvalue weighted by atomic mass is 10.3. The Labute approximate surface area is 107 Å². The quantitative estimate of drug-likeness (QED) is 0.531. The number of ketones is 1. The number of para-hydroxylation sites is 2. The second-order valence-corrected chi connectivity index (χ2v) is 4.56. The van der Waals surface area contributed by atoms with Crippen LogP contribution in [-0.4, -0.2) is 16.5 Å². The molecule has 0 aliphatic carbocycles. The summed E-state index contributed by atoms with van der Waals surface area (Å²) in [5.41, 5.74) is 1.52. The third-order valence-electron chi connectivity index (χ3n) is 2.40. The van der Waals surface area contributed by atoms with Gasteiger partial charge in [0.05, 0.1) is 12.0 Å². The minimum atomic E-state index is -0.0766. The normalized spacial score (nSPS) is 10.9. The molecule has 0 atom stereocenters. The number of Topliss-reactive ketones (excluding diaryl/α,β-unsaturated/α-hetero) is 1. The zero-order valence-electron chi connectivity index (χ0n) is 9.33. The van der Waals surface area contributed by atoms with E-state index in [1.807, 2.05) is 24.3 Å². The summed E-state index contributed by atoms with van der Waals surface area (Å²) in [6.45, 7) is 0. The summed E-state index contributed by atoms with van der Waals surface area (Å²) in [6, 6.07) is 10.8. The highest BCUT2D eigenvalue weighted by Crippen LogP contribution is 2.23. The predicted molar refractivity (Wildman–Crippen MR) is 67.8 cm³/mol. The summed E-state index contributed by atoms with van der Waals surface area (Å²) >= 11 is 1.27. The first kappa shape index (κ1) is 11.1. The smallest absolute Gasteiger partial charge is 0.257 e. The minimum Gasteiger partial charge on any atom is -0.461 e. The molecule has 1 aromatic carbocycles. The molecule has 0 spiro atoms. The van der Waals surface area contributed by atoms with Crippen LogP contribution in [0.15, 0.2) is 56.7 Å². The summed E-state index contributed by atoms with van der Waals surface area (Å²) in [6.07, 6.45) is 1.48. The lowest BCUT2D eigenvalue weighted by Crippen LogP contribution is -2.00. The summed E-state index contributed by atoms with van der Waals surface area (Å²) in [4.78, 5) is 16.0. The van der Waals surface area contributed by atoms with Crippen molar-refractivity contribution in [2.45, 2.75) is 5.22 Å². The van der Waals surface area contributed by atoms with E-state index in [0.29, 0.717) is 11.0 Å². The fourth-order valence-corrected chi connectivity index (χ4v) is 2.26. The van der Waals surface area contributed by atoms with Gasteiger partial charge in [-0.25, -0.2) is 4.98 Å². The maximum Gasteiger partial charge on any atom is 0.257 e. The fourth-order valence-electron chi connectivity index (χ4n) is 1.55. The zero-order chi connectivity index (χ0) is 12.4. The topological polar surface area (TPSA) is 56.2 Å². The Hall–Kier alpha value is -2.01. The Morgan fingerprint density at radius 2 is 2.11 bits per heavy atom. The van der Waals surface area contributed by atoms with Crippen LogP contribution in [0.3, 0.4) is 0 Å². The average Bonchev–Trinajstić information content (AvgIpc) is 3.04. The minimum absolute atomic E-state index is 0.0766. The molecule has 0 amide bonds. The highest BCUT2D eigenvalue weighted by Gasteiger charge is 2.12. The first-order chi connectivity index (χ1) is 8.83. The number of rotatable bonds is 4. The van der Waals surface area contributed by atoms with Gasteiger partial charge in [0.25, 0.3) is 5.22 Å². The van der Waals surface area contributed by atoms with E-state index in [2.05, 4.69) is 4.98 Å². The molecule has 3 rings (SSSR count). The van der Waals surface area contributed by atoms with Crippen molar-refractivity contribution < 1.29 is 13.6 Å². The van der Waals surface area contributed by atoms with Crippen molar-refractivity contribution in [3.05, 3.63) is 48.4 Å². The highest BCUT2D eigenvalue weighted by molar-refractivity contribution is 7.99. The van der Waals surface area contributed by atoms with Crippen molar-refractivity contribution in [1.82, 2.24) is 4.98 Å². The van der Waals surface area contributed by atoms with Gasteiger partial charge in [0.1, 0.15) is 5.52 Å². The molecule has 4 nitrogen and oxygen atoms in total. The van der Waals surface area contributed by atoms with Crippen LogP contribution in [0.4, 0.5) is 0 Å². The molecule has 0 aliphatic rings. The Morgan fingerprint density at radius 1 is 1.22 bits per heavy atom. The van der Waals surface area contributed by atoms with Crippen molar-refractivity contribution in [2.75, 3.05) is 5.75 Å². The number of hydrogen-bond acceptors (Lipinski definition) is 5. The van der Waals surface area contributed by atoms with Crippen LogP contribution >= 0.6 is 11.8 Å².